The number of hydrogen-bond acceptors (Lipinski definition) is 5. The molecule has 0 aliphatic carbocycles. The number of aliphatic hydroxyl groups excluding tert-OH is 1. The second-order valence-corrected chi connectivity index (χ2v) is 4.37. The molecule has 7 nitrogen and oxygen atoms in total. The monoisotopic (exact) mass is 282 g/mol. The second-order valence-electron chi connectivity index (χ2n) is 4.37. The van der Waals surface area contributed by atoms with Gasteiger partial charge in [0.2, 0.25) is 0 Å². The number of nitrogens with one attached hydrogen (secondary N) is 1. The van der Waals surface area contributed by atoms with Gasteiger partial charge in [0.1, 0.15) is 5.75 Å². The molecule has 0 heterocycles. The third-order valence-corrected chi connectivity index (χ3v) is 2.62. The molecule has 0 bridgehead atoms. The number of aliphatic hydroxyl groups is 1. The first-order valence-electron chi connectivity index (χ1n) is 6.30. The fourth-order valence-electron chi connectivity index (χ4n) is 1.60. The molecular weight excluding hydrogens is 264 g/mol. The Hall–Kier alpha value is -2.15. The van der Waals surface area contributed by atoms with Crippen LogP contribution in [0.25, 0.3) is 0 Å². The summed E-state index contributed by atoms with van der Waals surface area (Å²) in [5.74, 6) is 0.127. The summed E-state index contributed by atoms with van der Waals surface area (Å²) in [6.45, 7) is 1.79. The van der Waals surface area contributed by atoms with E-state index in [9.17, 15) is 14.9 Å². The number of nitro groups is 1. The van der Waals surface area contributed by atoms with Gasteiger partial charge in [-0.3, -0.25) is 14.9 Å². The van der Waals surface area contributed by atoms with Crippen LogP contribution >= 0.6 is 0 Å². The zero-order valence-electron chi connectivity index (χ0n) is 11.2. The van der Waals surface area contributed by atoms with Crippen LogP contribution in [0.5, 0.6) is 5.75 Å². The Morgan fingerprint density at radius 2 is 2.10 bits per heavy atom. The van der Waals surface area contributed by atoms with Gasteiger partial charge in [0.05, 0.1) is 4.92 Å². The minimum atomic E-state index is -0.501. The highest BCUT2D eigenvalue weighted by Gasteiger charge is 2.09. The van der Waals surface area contributed by atoms with Crippen LogP contribution in [0, 0.1) is 10.1 Å². The number of non-ortho nitro benzene ring substituents is 1. The van der Waals surface area contributed by atoms with Crippen molar-refractivity contribution < 1.29 is 19.6 Å². The lowest BCUT2D eigenvalue weighted by atomic mass is 10.2. The smallest absolute Gasteiger partial charge is 0.269 e. The maximum atomic E-state index is 11.6. The van der Waals surface area contributed by atoms with E-state index in [0.717, 1.165) is 0 Å². The molecule has 20 heavy (non-hydrogen) atoms. The zero-order valence-corrected chi connectivity index (χ0v) is 11.2. The molecule has 0 aromatic heterocycles. The first kappa shape index (κ1) is 15.9. The van der Waals surface area contributed by atoms with Gasteiger partial charge in [-0.25, -0.2) is 0 Å². The Balaban J connectivity index is 2.35. The van der Waals surface area contributed by atoms with E-state index in [-0.39, 0.29) is 30.9 Å². The Kier molecular flexibility index (Phi) is 6.45. The fraction of sp³-hybridized carbons (Fsp3) is 0.462. The van der Waals surface area contributed by atoms with Crippen LogP contribution in [0.2, 0.25) is 0 Å². The quantitative estimate of drug-likeness (QED) is 0.552. The Bertz CT molecular complexity index is 447. The molecule has 0 fully saturated rings. The summed E-state index contributed by atoms with van der Waals surface area (Å²) in [5, 5.41) is 21.9. The number of carbonyl (C=O) groups is 1. The van der Waals surface area contributed by atoms with Gasteiger partial charge < -0.3 is 15.2 Å². The predicted molar refractivity (Wildman–Crippen MR) is 72.5 cm³/mol. The van der Waals surface area contributed by atoms with Crippen molar-refractivity contribution in [1.82, 2.24) is 5.32 Å². The minimum Gasteiger partial charge on any atom is -0.484 e. The number of rotatable bonds is 8. The molecule has 2 N–H and O–H groups in total. The van der Waals surface area contributed by atoms with Gasteiger partial charge in [0.25, 0.3) is 11.6 Å². The van der Waals surface area contributed by atoms with Gasteiger partial charge in [-0.05, 0) is 31.9 Å². The highest BCUT2D eigenvalue weighted by Crippen LogP contribution is 2.17. The van der Waals surface area contributed by atoms with Crippen molar-refractivity contribution in [2.75, 3.05) is 13.2 Å². The molecule has 1 amide bonds. The molecule has 0 radical (unpaired) electrons. The van der Waals surface area contributed by atoms with E-state index >= 15 is 0 Å². The summed E-state index contributed by atoms with van der Waals surface area (Å²) in [4.78, 5) is 21.5. The number of ether oxygens (including phenoxy) is 1. The lowest BCUT2D eigenvalue weighted by Gasteiger charge is -2.13. The molecule has 1 atom stereocenters. The Morgan fingerprint density at radius 3 is 2.65 bits per heavy atom. The topological polar surface area (TPSA) is 102 Å². The van der Waals surface area contributed by atoms with Gasteiger partial charge in [-0.1, -0.05) is 0 Å². The van der Waals surface area contributed by atoms with E-state index in [1.54, 1.807) is 0 Å². The van der Waals surface area contributed by atoms with Crippen molar-refractivity contribution in [2.45, 2.75) is 25.8 Å². The lowest BCUT2D eigenvalue weighted by molar-refractivity contribution is -0.384. The van der Waals surface area contributed by atoms with E-state index in [4.69, 9.17) is 9.84 Å². The zero-order chi connectivity index (χ0) is 15.0. The van der Waals surface area contributed by atoms with Crippen LogP contribution in [-0.2, 0) is 4.79 Å². The molecule has 1 rings (SSSR count). The first-order chi connectivity index (χ1) is 9.52. The molecule has 110 valence electrons. The minimum absolute atomic E-state index is 0.0283. The Labute approximate surface area is 116 Å². The van der Waals surface area contributed by atoms with Gasteiger partial charge in [0.15, 0.2) is 6.61 Å². The average Bonchev–Trinajstić information content (AvgIpc) is 2.43. The van der Waals surface area contributed by atoms with Crippen molar-refractivity contribution in [1.29, 1.82) is 0 Å². The van der Waals surface area contributed by atoms with Crippen LogP contribution in [0.4, 0.5) is 5.69 Å². The predicted octanol–water partition coefficient (Wildman–Crippen LogP) is 1.25. The number of nitrogens with zero attached hydrogens (tertiary/aromatic N) is 1. The van der Waals surface area contributed by atoms with Crippen molar-refractivity contribution in [3.8, 4) is 5.75 Å². The molecule has 0 saturated heterocycles. The maximum Gasteiger partial charge on any atom is 0.269 e. The molecule has 7 heteroatoms. The summed E-state index contributed by atoms with van der Waals surface area (Å²) in [6.07, 6.45) is 1.32. The van der Waals surface area contributed by atoms with Crippen molar-refractivity contribution in [2.24, 2.45) is 0 Å². The standard InChI is InChI=1S/C13H18N2O5/c1-10(3-2-8-16)14-13(17)9-20-12-6-4-11(5-7-12)15(18)19/h4-7,10,16H,2-3,8-9H2,1H3,(H,14,17). The highest BCUT2D eigenvalue weighted by molar-refractivity contribution is 5.77. The van der Waals surface area contributed by atoms with Gasteiger partial charge in [-0.15, -0.1) is 0 Å². The van der Waals surface area contributed by atoms with E-state index in [0.29, 0.717) is 18.6 Å². The number of nitro benzene ring substituents is 1. The molecule has 1 aromatic carbocycles. The first-order valence-corrected chi connectivity index (χ1v) is 6.30. The van der Waals surface area contributed by atoms with Gasteiger partial charge in [-0.2, -0.15) is 0 Å². The molecule has 0 spiro atoms. The normalized spacial score (nSPS) is 11.7. The maximum absolute atomic E-state index is 11.6. The third-order valence-electron chi connectivity index (χ3n) is 2.62. The molecule has 1 unspecified atom stereocenters. The second kappa shape index (κ2) is 8.11. The van der Waals surface area contributed by atoms with E-state index in [1.807, 2.05) is 6.92 Å². The van der Waals surface area contributed by atoms with Crippen molar-refractivity contribution in [3.05, 3.63) is 34.4 Å². The summed E-state index contributed by atoms with van der Waals surface area (Å²) in [5.41, 5.74) is -0.0283. The van der Waals surface area contributed by atoms with E-state index in [1.165, 1.54) is 24.3 Å². The largest absolute Gasteiger partial charge is 0.484 e. The molecular formula is C13H18N2O5. The number of carbonyl (C=O) groups excluding carboxylic acids is 1. The van der Waals surface area contributed by atoms with Crippen LogP contribution in [0.15, 0.2) is 24.3 Å². The van der Waals surface area contributed by atoms with Crippen LogP contribution < -0.4 is 10.1 Å². The van der Waals surface area contributed by atoms with Gasteiger partial charge in [0, 0.05) is 24.8 Å². The highest BCUT2D eigenvalue weighted by atomic mass is 16.6. The van der Waals surface area contributed by atoms with Crippen molar-refractivity contribution in [3.63, 3.8) is 0 Å². The number of hydrogen-bond donors (Lipinski definition) is 2. The lowest BCUT2D eigenvalue weighted by Crippen LogP contribution is -2.36. The Morgan fingerprint density at radius 1 is 1.45 bits per heavy atom. The number of amides is 1. The summed E-state index contributed by atoms with van der Waals surface area (Å²) in [7, 11) is 0. The van der Waals surface area contributed by atoms with E-state index < -0.39 is 4.92 Å². The van der Waals surface area contributed by atoms with Crippen LogP contribution in [0.3, 0.4) is 0 Å². The molecule has 0 aliphatic heterocycles. The summed E-state index contributed by atoms with van der Waals surface area (Å²) in [6, 6.07) is 5.49. The number of benzene rings is 1. The van der Waals surface area contributed by atoms with Gasteiger partial charge >= 0.3 is 0 Å². The summed E-state index contributed by atoms with van der Waals surface area (Å²) < 4.78 is 5.22. The average molecular weight is 282 g/mol. The summed E-state index contributed by atoms with van der Waals surface area (Å²) >= 11 is 0. The van der Waals surface area contributed by atoms with E-state index in [2.05, 4.69) is 5.32 Å². The fourth-order valence-corrected chi connectivity index (χ4v) is 1.60. The molecule has 0 saturated carbocycles. The van der Waals surface area contributed by atoms with Crippen molar-refractivity contribution >= 4 is 11.6 Å². The molecule has 0 aliphatic rings. The van der Waals surface area contributed by atoms with Crippen LogP contribution in [-0.4, -0.2) is 35.2 Å². The van der Waals surface area contributed by atoms with Crippen LogP contribution in [0.1, 0.15) is 19.8 Å². The third kappa shape index (κ3) is 5.66. The molecule has 1 aromatic rings. The SMILES string of the molecule is CC(CCCO)NC(=O)COc1ccc([N+](=O)[O-])cc1.